The minimum Gasteiger partial charge on any atom is -0.496 e. The Balaban J connectivity index is 1.62. The molecule has 0 bridgehead atoms. The number of rotatable bonds is 8. The van der Waals surface area contributed by atoms with E-state index in [-0.39, 0.29) is 11.9 Å². The van der Waals surface area contributed by atoms with E-state index < -0.39 is 0 Å². The molecule has 0 aliphatic carbocycles. The highest BCUT2D eigenvalue weighted by Crippen LogP contribution is 2.16. The highest BCUT2D eigenvalue weighted by Gasteiger charge is 2.06. The van der Waals surface area contributed by atoms with Crippen molar-refractivity contribution in [1.29, 1.82) is 0 Å². The van der Waals surface area contributed by atoms with Gasteiger partial charge in [0.05, 0.1) is 7.11 Å². The van der Waals surface area contributed by atoms with Gasteiger partial charge in [0.15, 0.2) is 0 Å². The predicted molar refractivity (Wildman–Crippen MR) is 103 cm³/mol. The van der Waals surface area contributed by atoms with Crippen LogP contribution < -0.4 is 20.7 Å². The fourth-order valence-corrected chi connectivity index (χ4v) is 2.42. The quantitative estimate of drug-likeness (QED) is 0.617. The summed E-state index contributed by atoms with van der Waals surface area (Å²) >= 11 is 5.80. The topological polar surface area (TPSA) is 79.5 Å². The maximum Gasteiger partial charge on any atom is 0.315 e. The van der Waals surface area contributed by atoms with Crippen molar-refractivity contribution >= 4 is 29.2 Å². The molecule has 0 saturated carbocycles. The number of carbonyl (C=O) groups excluding carboxylic acids is 2. The van der Waals surface area contributed by atoms with Gasteiger partial charge in [0, 0.05) is 35.8 Å². The van der Waals surface area contributed by atoms with Gasteiger partial charge in [-0.2, -0.15) is 0 Å². The third kappa shape index (κ3) is 6.64. The van der Waals surface area contributed by atoms with Crippen LogP contribution in [0.25, 0.3) is 0 Å². The normalized spacial score (nSPS) is 10.1. The van der Waals surface area contributed by atoms with Crippen molar-refractivity contribution < 1.29 is 14.3 Å². The molecule has 6 nitrogen and oxygen atoms in total. The molecule has 0 saturated heterocycles. The zero-order valence-corrected chi connectivity index (χ0v) is 15.3. The summed E-state index contributed by atoms with van der Waals surface area (Å²) in [5, 5.41) is 8.89. The van der Waals surface area contributed by atoms with E-state index in [1.165, 1.54) is 0 Å². The molecule has 0 aromatic heterocycles. The Morgan fingerprint density at radius 3 is 2.50 bits per heavy atom. The molecule has 26 heavy (non-hydrogen) atoms. The van der Waals surface area contributed by atoms with Crippen molar-refractivity contribution in [1.82, 2.24) is 10.6 Å². The first-order valence-corrected chi connectivity index (χ1v) is 8.65. The summed E-state index contributed by atoms with van der Waals surface area (Å²) in [6, 6.07) is 14.1. The summed E-state index contributed by atoms with van der Waals surface area (Å²) < 4.78 is 5.23. The smallest absolute Gasteiger partial charge is 0.315 e. The lowest BCUT2D eigenvalue weighted by Gasteiger charge is -2.10. The number of benzene rings is 2. The maximum absolute atomic E-state index is 11.8. The minimum absolute atomic E-state index is 0.108. The van der Waals surface area contributed by atoms with E-state index in [9.17, 15) is 9.59 Å². The number of para-hydroxylation sites is 1. The number of urea groups is 1. The summed E-state index contributed by atoms with van der Waals surface area (Å²) in [6.07, 6.45) is 0.858. The molecule has 0 heterocycles. The maximum atomic E-state index is 11.8. The standard InChI is InChI=1S/C19H22ClN3O3/c1-26-17-6-3-2-5-14(17)13-22-19(25)21-12-4-7-18(24)23-16-10-8-15(20)9-11-16/h2-3,5-6,8-11H,4,7,12-13H2,1H3,(H,23,24)(H2,21,22,25). The van der Waals surface area contributed by atoms with E-state index in [4.69, 9.17) is 16.3 Å². The van der Waals surface area contributed by atoms with E-state index >= 15 is 0 Å². The van der Waals surface area contributed by atoms with Crippen LogP contribution in [0.2, 0.25) is 5.02 Å². The van der Waals surface area contributed by atoms with Crippen molar-refractivity contribution in [3.8, 4) is 5.75 Å². The van der Waals surface area contributed by atoms with Gasteiger partial charge in [0.1, 0.15) is 5.75 Å². The molecule has 0 unspecified atom stereocenters. The molecule has 3 amide bonds. The first-order valence-electron chi connectivity index (χ1n) is 8.27. The van der Waals surface area contributed by atoms with Crippen molar-refractivity contribution in [2.24, 2.45) is 0 Å². The Morgan fingerprint density at radius 2 is 1.77 bits per heavy atom. The molecule has 0 fully saturated rings. The van der Waals surface area contributed by atoms with Crippen LogP contribution in [0.1, 0.15) is 18.4 Å². The second-order valence-corrected chi connectivity index (χ2v) is 6.02. The van der Waals surface area contributed by atoms with Crippen LogP contribution in [-0.4, -0.2) is 25.6 Å². The fraction of sp³-hybridized carbons (Fsp3) is 0.263. The second kappa shape index (κ2) is 10.3. The Morgan fingerprint density at radius 1 is 1.04 bits per heavy atom. The Labute approximate surface area is 157 Å². The van der Waals surface area contributed by atoms with Crippen LogP contribution in [0.15, 0.2) is 48.5 Å². The van der Waals surface area contributed by atoms with E-state index in [0.29, 0.717) is 36.6 Å². The van der Waals surface area contributed by atoms with E-state index in [0.717, 1.165) is 11.3 Å². The van der Waals surface area contributed by atoms with Gasteiger partial charge in [0.25, 0.3) is 0 Å². The summed E-state index contributed by atoms with van der Waals surface area (Å²) in [5.41, 5.74) is 1.59. The molecule has 0 atom stereocenters. The zero-order chi connectivity index (χ0) is 18.8. The molecule has 0 aliphatic heterocycles. The molecule has 0 spiro atoms. The lowest BCUT2D eigenvalue weighted by molar-refractivity contribution is -0.116. The van der Waals surface area contributed by atoms with Gasteiger partial charge in [0.2, 0.25) is 5.91 Å². The number of amides is 3. The summed E-state index contributed by atoms with van der Waals surface area (Å²) in [4.78, 5) is 23.6. The minimum atomic E-state index is -0.283. The first kappa shape index (κ1) is 19.6. The predicted octanol–water partition coefficient (Wildman–Crippen LogP) is 3.57. The second-order valence-electron chi connectivity index (χ2n) is 5.58. The van der Waals surface area contributed by atoms with Crippen LogP contribution in [0.3, 0.4) is 0 Å². The van der Waals surface area contributed by atoms with Gasteiger partial charge in [-0.3, -0.25) is 4.79 Å². The number of carbonyl (C=O) groups is 2. The summed E-state index contributed by atoms with van der Waals surface area (Å²) in [7, 11) is 1.59. The van der Waals surface area contributed by atoms with Gasteiger partial charge in [-0.1, -0.05) is 29.8 Å². The van der Waals surface area contributed by atoms with Crippen molar-refractivity contribution in [2.75, 3.05) is 19.0 Å². The van der Waals surface area contributed by atoms with E-state index in [1.807, 2.05) is 24.3 Å². The first-order chi connectivity index (χ1) is 12.6. The molecule has 3 N–H and O–H groups in total. The number of halogens is 1. The van der Waals surface area contributed by atoms with Gasteiger partial charge in [-0.05, 0) is 36.8 Å². The average Bonchev–Trinajstić information content (AvgIpc) is 2.65. The Hall–Kier alpha value is -2.73. The average molecular weight is 376 g/mol. The van der Waals surface area contributed by atoms with Gasteiger partial charge in [-0.25, -0.2) is 4.79 Å². The van der Waals surface area contributed by atoms with Crippen LogP contribution in [0.5, 0.6) is 5.75 Å². The summed E-state index contributed by atoms with van der Waals surface area (Å²) in [5.74, 6) is 0.621. The summed E-state index contributed by atoms with van der Waals surface area (Å²) in [6.45, 7) is 0.776. The van der Waals surface area contributed by atoms with Crippen molar-refractivity contribution in [3.05, 3.63) is 59.1 Å². The largest absolute Gasteiger partial charge is 0.496 e. The molecular formula is C19H22ClN3O3. The number of anilines is 1. The molecular weight excluding hydrogens is 354 g/mol. The van der Waals surface area contributed by atoms with Crippen LogP contribution >= 0.6 is 11.6 Å². The molecule has 7 heteroatoms. The number of methoxy groups -OCH3 is 1. The number of hydrogen-bond donors (Lipinski definition) is 3. The number of ether oxygens (including phenoxy) is 1. The van der Waals surface area contributed by atoms with Crippen LogP contribution in [-0.2, 0) is 11.3 Å². The molecule has 138 valence electrons. The molecule has 2 aromatic carbocycles. The number of nitrogens with one attached hydrogen (secondary N) is 3. The Kier molecular flexibility index (Phi) is 7.76. The Bertz CT molecular complexity index is 735. The van der Waals surface area contributed by atoms with Crippen molar-refractivity contribution in [2.45, 2.75) is 19.4 Å². The monoisotopic (exact) mass is 375 g/mol. The van der Waals surface area contributed by atoms with E-state index in [1.54, 1.807) is 31.4 Å². The molecule has 0 radical (unpaired) electrons. The molecule has 2 rings (SSSR count). The van der Waals surface area contributed by atoms with Crippen LogP contribution in [0.4, 0.5) is 10.5 Å². The lowest BCUT2D eigenvalue weighted by atomic mass is 10.2. The van der Waals surface area contributed by atoms with Crippen LogP contribution in [0, 0.1) is 0 Å². The SMILES string of the molecule is COc1ccccc1CNC(=O)NCCCC(=O)Nc1ccc(Cl)cc1. The van der Waals surface area contributed by atoms with Gasteiger partial charge in [-0.15, -0.1) is 0 Å². The molecule has 0 aliphatic rings. The third-order valence-corrected chi connectivity index (χ3v) is 3.88. The highest BCUT2D eigenvalue weighted by atomic mass is 35.5. The molecule has 2 aromatic rings. The zero-order valence-electron chi connectivity index (χ0n) is 14.5. The van der Waals surface area contributed by atoms with Gasteiger partial charge < -0.3 is 20.7 Å². The van der Waals surface area contributed by atoms with Crippen molar-refractivity contribution in [3.63, 3.8) is 0 Å². The number of hydrogen-bond acceptors (Lipinski definition) is 3. The third-order valence-electron chi connectivity index (χ3n) is 3.63. The fourth-order valence-electron chi connectivity index (χ4n) is 2.29. The van der Waals surface area contributed by atoms with E-state index in [2.05, 4.69) is 16.0 Å². The lowest BCUT2D eigenvalue weighted by Crippen LogP contribution is -2.35. The van der Waals surface area contributed by atoms with Gasteiger partial charge >= 0.3 is 6.03 Å². The highest BCUT2D eigenvalue weighted by molar-refractivity contribution is 6.30.